The molecule has 0 aliphatic carbocycles. The molecule has 1 aliphatic heterocycles. The van der Waals surface area contributed by atoms with Crippen molar-refractivity contribution in [3.63, 3.8) is 0 Å². The summed E-state index contributed by atoms with van der Waals surface area (Å²) in [5, 5.41) is 19.1. The summed E-state index contributed by atoms with van der Waals surface area (Å²) in [7, 11) is 0. The molecule has 1 fully saturated rings. The lowest BCUT2D eigenvalue weighted by molar-refractivity contribution is -0.0586. The minimum Gasteiger partial charge on any atom is -0.394 e. The van der Waals surface area contributed by atoms with Crippen molar-refractivity contribution in [1.29, 1.82) is 0 Å². The van der Waals surface area contributed by atoms with E-state index >= 15 is 0 Å². The third kappa shape index (κ3) is 2.56. The van der Waals surface area contributed by atoms with E-state index in [1.807, 2.05) is 0 Å². The molecule has 0 aromatic carbocycles. The molecule has 1 saturated heterocycles. The molecule has 3 heterocycles. The Morgan fingerprint density at radius 2 is 2.22 bits per heavy atom. The van der Waals surface area contributed by atoms with Crippen molar-refractivity contribution in [2.24, 2.45) is 0 Å². The van der Waals surface area contributed by atoms with E-state index in [4.69, 9.17) is 15.6 Å². The van der Waals surface area contributed by atoms with Crippen molar-refractivity contribution in [2.45, 2.75) is 38.0 Å². The summed E-state index contributed by atoms with van der Waals surface area (Å²) in [6.07, 6.45) is 0.927. The highest BCUT2D eigenvalue weighted by Gasteiger charge is 2.54. The van der Waals surface area contributed by atoms with Gasteiger partial charge in [0.2, 0.25) is 0 Å². The quantitative estimate of drug-likeness (QED) is 0.738. The van der Waals surface area contributed by atoms with Crippen LogP contribution < -0.4 is 5.73 Å². The molecule has 124 valence electrons. The molecule has 0 saturated carbocycles. The van der Waals surface area contributed by atoms with Gasteiger partial charge in [-0.05, 0) is 13.8 Å². The fourth-order valence-electron chi connectivity index (χ4n) is 2.68. The van der Waals surface area contributed by atoms with E-state index in [1.165, 1.54) is 17.8 Å². The van der Waals surface area contributed by atoms with Gasteiger partial charge in [-0.3, -0.25) is 0 Å². The normalized spacial score (nSPS) is 30.7. The molecule has 0 spiro atoms. The number of aromatic nitrogens is 4. The van der Waals surface area contributed by atoms with Crippen molar-refractivity contribution >= 4 is 5.82 Å². The lowest BCUT2D eigenvalue weighted by Gasteiger charge is -2.24. The number of hydrogen-bond acceptors (Lipinski definition) is 7. The Morgan fingerprint density at radius 3 is 2.83 bits per heavy atom. The third-order valence-electron chi connectivity index (χ3n) is 3.98. The van der Waals surface area contributed by atoms with Gasteiger partial charge in [0, 0.05) is 12.4 Å². The Kier molecular flexibility index (Phi) is 3.78. The lowest BCUT2D eigenvalue weighted by atomic mass is 9.99. The molecule has 4 N–H and O–H groups in total. The monoisotopic (exact) mass is 323 g/mol. The van der Waals surface area contributed by atoms with Crippen LogP contribution in [-0.2, 0) is 4.74 Å². The maximum Gasteiger partial charge on any atom is 0.181 e. The van der Waals surface area contributed by atoms with E-state index < -0.39 is 30.7 Å². The van der Waals surface area contributed by atoms with Crippen molar-refractivity contribution in [1.82, 2.24) is 19.5 Å². The largest absolute Gasteiger partial charge is 0.394 e. The molecule has 23 heavy (non-hydrogen) atoms. The second kappa shape index (κ2) is 5.52. The summed E-state index contributed by atoms with van der Waals surface area (Å²) in [6, 6.07) is 0. The SMILES string of the molecule is Cc1ncc(-c2cn([C@@H]3O[C@H](CO)[C@@H](O)[C@@]3(C)F)cn2)c(N)n1. The number of nitrogens with two attached hydrogens (primary N) is 1. The Hall–Kier alpha value is -2.10. The van der Waals surface area contributed by atoms with Crippen LogP contribution in [0.25, 0.3) is 11.3 Å². The summed E-state index contributed by atoms with van der Waals surface area (Å²) in [4.78, 5) is 12.3. The van der Waals surface area contributed by atoms with Crippen molar-refractivity contribution in [2.75, 3.05) is 12.3 Å². The number of aliphatic hydroxyl groups excluding tert-OH is 2. The van der Waals surface area contributed by atoms with Crippen LogP contribution in [0, 0.1) is 6.92 Å². The molecule has 0 bridgehead atoms. The summed E-state index contributed by atoms with van der Waals surface area (Å²) in [5.41, 5.74) is 4.77. The maximum absolute atomic E-state index is 14.8. The first-order valence-electron chi connectivity index (χ1n) is 7.11. The Bertz CT molecular complexity index is 720. The number of nitrogen functional groups attached to an aromatic ring is 1. The number of anilines is 1. The first-order chi connectivity index (χ1) is 10.8. The fourth-order valence-corrected chi connectivity index (χ4v) is 2.68. The molecule has 2 aromatic rings. The first kappa shape index (κ1) is 15.8. The van der Waals surface area contributed by atoms with Gasteiger partial charge in [-0.15, -0.1) is 0 Å². The number of nitrogens with zero attached hydrogens (tertiary/aromatic N) is 4. The van der Waals surface area contributed by atoms with E-state index in [0.717, 1.165) is 0 Å². The fraction of sp³-hybridized carbons (Fsp3) is 0.500. The van der Waals surface area contributed by atoms with Gasteiger partial charge < -0.3 is 25.3 Å². The van der Waals surface area contributed by atoms with Gasteiger partial charge in [-0.2, -0.15) is 0 Å². The molecule has 3 rings (SSSR count). The number of halogens is 1. The smallest absolute Gasteiger partial charge is 0.181 e. The van der Waals surface area contributed by atoms with Crippen molar-refractivity contribution in [3.05, 3.63) is 24.5 Å². The van der Waals surface area contributed by atoms with E-state index in [0.29, 0.717) is 17.1 Å². The van der Waals surface area contributed by atoms with Crippen molar-refractivity contribution < 1.29 is 19.3 Å². The zero-order valence-electron chi connectivity index (χ0n) is 12.7. The van der Waals surface area contributed by atoms with Crippen molar-refractivity contribution in [3.8, 4) is 11.3 Å². The van der Waals surface area contributed by atoms with Gasteiger partial charge in [-0.1, -0.05) is 0 Å². The number of ether oxygens (including phenoxy) is 1. The summed E-state index contributed by atoms with van der Waals surface area (Å²) in [5.74, 6) is 0.807. The predicted molar refractivity (Wildman–Crippen MR) is 78.9 cm³/mol. The van der Waals surface area contributed by atoms with Crippen LogP contribution in [0.4, 0.5) is 10.2 Å². The van der Waals surface area contributed by atoms with Gasteiger partial charge in [0.15, 0.2) is 11.9 Å². The first-order valence-corrected chi connectivity index (χ1v) is 7.11. The zero-order chi connectivity index (χ0) is 16.8. The van der Waals surface area contributed by atoms with Crippen LogP contribution in [0.15, 0.2) is 18.7 Å². The van der Waals surface area contributed by atoms with Crippen LogP contribution in [0.1, 0.15) is 19.0 Å². The zero-order valence-corrected chi connectivity index (χ0v) is 12.7. The minimum atomic E-state index is -2.07. The number of aliphatic hydroxyl groups is 2. The van der Waals surface area contributed by atoms with Crippen LogP contribution in [0.5, 0.6) is 0 Å². The predicted octanol–water partition coefficient (Wildman–Crippen LogP) is 0.210. The average molecular weight is 323 g/mol. The Balaban J connectivity index is 1.93. The molecule has 0 amide bonds. The average Bonchev–Trinajstić information content (AvgIpc) is 3.04. The van der Waals surface area contributed by atoms with Gasteiger partial charge in [0.25, 0.3) is 0 Å². The van der Waals surface area contributed by atoms with E-state index in [1.54, 1.807) is 19.3 Å². The standard InChI is InChI=1S/C14H18FN5O3/c1-7-17-3-8(12(16)19-7)9-4-20(6-18-9)13-14(2,15)11(22)10(5-21)23-13/h3-4,6,10-11,13,21-22H,5H2,1-2H3,(H2,16,17,19)/t10-,11-,13-,14-/m1/s1. The van der Waals surface area contributed by atoms with Gasteiger partial charge in [0.1, 0.15) is 23.9 Å². The Morgan fingerprint density at radius 1 is 1.48 bits per heavy atom. The molecule has 1 aliphatic rings. The molecule has 2 aromatic heterocycles. The molecule has 9 heteroatoms. The number of rotatable bonds is 3. The van der Waals surface area contributed by atoms with Crippen LogP contribution in [-0.4, -0.2) is 54.2 Å². The highest BCUT2D eigenvalue weighted by atomic mass is 19.1. The molecular weight excluding hydrogens is 305 g/mol. The highest BCUT2D eigenvalue weighted by Crippen LogP contribution is 2.41. The van der Waals surface area contributed by atoms with Gasteiger partial charge in [0.05, 0.1) is 24.2 Å². The molecule has 8 nitrogen and oxygen atoms in total. The highest BCUT2D eigenvalue weighted by molar-refractivity contribution is 5.69. The van der Waals surface area contributed by atoms with E-state index in [2.05, 4.69) is 15.0 Å². The molecule has 0 radical (unpaired) electrons. The number of imidazole rings is 1. The minimum absolute atomic E-state index is 0.270. The van der Waals surface area contributed by atoms with Crippen LogP contribution in [0.2, 0.25) is 0 Å². The lowest BCUT2D eigenvalue weighted by Crippen LogP contribution is -2.40. The molecule has 4 atom stereocenters. The van der Waals surface area contributed by atoms with Gasteiger partial charge >= 0.3 is 0 Å². The van der Waals surface area contributed by atoms with Gasteiger partial charge in [-0.25, -0.2) is 19.3 Å². The van der Waals surface area contributed by atoms with E-state index in [9.17, 15) is 9.50 Å². The third-order valence-corrected chi connectivity index (χ3v) is 3.98. The second-order valence-corrected chi connectivity index (χ2v) is 5.73. The topological polar surface area (TPSA) is 119 Å². The van der Waals surface area contributed by atoms with E-state index in [-0.39, 0.29) is 5.82 Å². The van der Waals surface area contributed by atoms with Crippen LogP contribution >= 0.6 is 0 Å². The second-order valence-electron chi connectivity index (χ2n) is 5.73. The molecular formula is C14H18FN5O3. The summed E-state index contributed by atoms with van der Waals surface area (Å²) in [6.45, 7) is 2.47. The Labute approximate surface area is 131 Å². The summed E-state index contributed by atoms with van der Waals surface area (Å²) < 4.78 is 21.6. The number of aryl methyl sites for hydroxylation is 1. The number of hydrogen-bond donors (Lipinski definition) is 3. The number of alkyl halides is 1. The maximum atomic E-state index is 14.8. The molecule has 0 unspecified atom stereocenters. The summed E-state index contributed by atoms with van der Waals surface area (Å²) >= 11 is 0. The van der Waals surface area contributed by atoms with Crippen LogP contribution in [0.3, 0.4) is 0 Å².